The van der Waals surface area contributed by atoms with E-state index in [-0.39, 0.29) is 18.0 Å². The third kappa shape index (κ3) is 3.68. The molecule has 2 atom stereocenters. The van der Waals surface area contributed by atoms with Crippen LogP contribution in [0.2, 0.25) is 0 Å². The maximum Gasteiger partial charge on any atom is 0.250 e. The molecule has 1 aliphatic carbocycles. The molecule has 2 fully saturated rings. The average molecular weight is 240 g/mol. The molecule has 2 unspecified atom stereocenters. The van der Waals surface area contributed by atoms with Gasteiger partial charge < -0.3 is 15.7 Å². The first-order valence-corrected chi connectivity index (χ1v) is 6.99. The standard InChI is InChI=1S/C13H24N2O2/c16-12(11-8-5-9-14-11)13(17)15-10-6-3-1-2-4-7-10/h10-12,14,16H,1-9H2,(H,15,17). The van der Waals surface area contributed by atoms with E-state index in [1.54, 1.807) is 0 Å². The molecular formula is C13H24N2O2. The number of carbonyl (C=O) groups excluding carboxylic acids is 1. The molecule has 2 rings (SSSR count). The zero-order valence-corrected chi connectivity index (χ0v) is 10.5. The van der Waals surface area contributed by atoms with Crippen molar-refractivity contribution in [1.82, 2.24) is 10.6 Å². The Balaban J connectivity index is 1.78. The van der Waals surface area contributed by atoms with E-state index in [0.29, 0.717) is 0 Å². The summed E-state index contributed by atoms with van der Waals surface area (Å²) in [5.41, 5.74) is 0. The van der Waals surface area contributed by atoms with Gasteiger partial charge >= 0.3 is 0 Å². The highest BCUT2D eigenvalue weighted by atomic mass is 16.3. The second kappa shape index (κ2) is 6.36. The molecule has 98 valence electrons. The molecule has 0 bridgehead atoms. The molecule has 2 aliphatic rings. The molecule has 1 saturated heterocycles. The van der Waals surface area contributed by atoms with E-state index >= 15 is 0 Å². The first-order valence-electron chi connectivity index (χ1n) is 6.99. The van der Waals surface area contributed by atoms with E-state index in [2.05, 4.69) is 10.6 Å². The third-order valence-corrected chi connectivity index (χ3v) is 3.95. The molecule has 1 saturated carbocycles. The van der Waals surface area contributed by atoms with Gasteiger partial charge in [0.15, 0.2) is 0 Å². The van der Waals surface area contributed by atoms with Gasteiger partial charge in [0.2, 0.25) is 0 Å². The van der Waals surface area contributed by atoms with Crippen molar-refractivity contribution in [2.45, 2.75) is 69.6 Å². The molecule has 1 aliphatic heterocycles. The second-order valence-electron chi connectivity index (χ2n) is 5.34. The summed E-state index contributed by atoms with van der Waals surface area (Å²) in [6.45, 7) is 0.915. The van der Waals surface area contributed by atoms with Crippen LogP contribution in [0.15, 0.2) is 0 Å². The Labute approximate surface area is 103 Å². The molecule has 1 heterocycles. The number of nitrogens with one attached hydrogen (secondary N) is 2. The van der Waals surface area contributed by atoms with Gasteiger partial charge in [-0.15, -0.1) is 0 Å². The molecule has 4 heteroatoms. The minimum atomic E-state index is -0.874. The van der Waals surface area contributed by atoms with Gasteiger partial charge in [-0.2, -0.15) is 0 Å². The van der Waals surface area contributed by atoms with Crippen molar-refractivity contribution in [2.75, 3.05) is 6.54 Å². The number of hydrogen-bond donors (Lipinski definition) is 3. The van der Waals surface area contributed by atoms with Crippen molar-refractivity contribution in [3.8, 4) is 0 Å². The van der Waals surface area contributed by atoms with Crippen LogP contribution in [0.25, 0.3) is 0 Å². The Hall–Kier alpha value is -0.610. The van der Waals surface area contributed by atoms with E-state index in [0.717, 1.165) is 32.2 Å². The van der Waals surface area contributed by atoms with Gasteiger partial charge in [0, 0.05) is 12.1 Å². The monoisotopic (exact) mass is 240 g/mol. The van der Waals surface area contributed by atoms with Gasteiger partial charge in [-0.05, 0) is 32.2 Å². The Kier molecular flexibility index (Phi) is 4.80. The van der Waals surface area contributed by atoms with Gasteiger partial charge in [0.25, 0.3) is 5.91 Å². The largest absolute Gasteiger partial charge is 0.382 e. The topological polar surface area (TPSA) is 61.4 Å². The van der Waals surface area contributed by atoms with Gasteiger partial charge in [-0.3, -0.25) is 4.79 Å². The van der Waals surface area contributed by atoms with Gasteiger partial charge in [0.05, 0.1) is 0 Å². The number of aliphatic hydroxyl groups excluding tert-OH is 1. The lowest BCUT2D eigenvalue weighted by Crippen LogP contribution is -2.49. The molecule has 0 spiro atoms. The summed E-state index contributed by atoms with van der Waals surface area (Å²) in [5, 5.41) is 16.1. The molecule has 0 aromatic carbocycles. The molecule has 0 aromatic heterocycles. The minimum Gasteiger partial charge on any atom is -0.382 e. The highest BCUT2D eigenvalue weighted by molar-refractivity contribution is 5.81. The molecule has 3 N–H and O–H groups in total. The number of hydrogen-bond acceptors (Lipinski definition) is 3. The predicted octanol–water partition coefficient (Wildman–Crippen LogP) is 0.938. The molecule has 17 heavy (non-hydrogen) atoms. The van der Waals surface area contributed by atoms with E-state index in [1.165, 1.54) is 25.7 Å². The van der Waals surface area contributed by atoms with E-state index in [1.807, 2.05) is 0 Å². The van der Waals surface area contributed by atoms with Gasteiger partial charge in [-0.1, -0.05) is 25.7 Å². The number of aliphatic hydroxyl groups is 1. The number of rotatable bonds is 3. The zero-order valence-electron chi connectivity index (χ0n) is 10.5. The lowest BCUT2D eigenvalue weighted by molar-refractivity contribution is -0.131. The fourth-order valence-corrected chi connectivity index (χ4v) is 2.87. The van der Waals surface area contributed by atoms with E-state index in [9.17, 15) is 9.90 Å². The highest BCUT2D eigenvalue weighted by Gasteiger charge is 2.29. The molecular weight excluding hydrogens is 216 g/mol. The van der Waals surface area contributed by atoms with Crippen molar-refractivity contribution in [3.05, 3.63) is 0 Å². The lowest BCUT2D eigenvalue weighted by atomic mass is 10.1. The van der Waals surface area contributed by atoms with E-state index < -0.39 is 6.10 Å². The van der Waals surface area contributed by atoms with Crippen LogP contribution >= 0.6 is 0 Å². The van der Waals surface area contributed by atoms with Crippen LogP contribution in [0, 0.1) is 0 Å². The lowest BCUT2D eigenvalue weighted by Gasteiger charge is -2.22. The Morgan fingerprint density at radius 2 is 1.82 bits per heavy atom. The summed E-state index contributed by atoms with van der Waals surface area (Å²) in [7, 11) is 0. The van der Waals surface area contributed by atoms with Gasteiger partial charge in [0.1, 0.15) is 6.10 Å². The van der Waals surface area contributed by atoms with Crippen LogP contribution in [0.1, 0.15) is 51.4 Å². The minimum absolute atomic E-state index is 0.0409. The summed E-state index contributed by atoms with van der Waals surface area (Å²) >= 11 is 0. The quantitative estimate of drug-likeness (QED) is 0.643. The number of carbonyl (C=O) groups is 1. The molecule has 0 aromatic rings. The summed E-state index contributed by atoms with van der Waals surface area (Å²) in [4.78, 5) is 11.9. The predicted molar refractivity (Wildman–Crippen MR) is 66.7 cm³/mol. The van der Waals surface area contributed by atoms with Crippen molar-refractivity contribution >= 4 is 5.91 Å². The summed E-state index contributed by atoms with van der Waals surface area (Å²) in [5.74, 6) is -0.184. The number of amides is 1. The van der Waals surface area contributed by atoms with E-state index in [4.69, 9.17) is 0 Å². The fraction of sp³-hybridized carbons (Fsp3) is 0.923. The highest BCUT2D eigenvalue weighted by Crippen LogP contribution is 2.18. The summed E-state index contributed by atoms with van der Waals surface area (Å²) in [6, 6.07) is 0.238. The normalized spacial score (nSPS) is 28.6. The van der Waals surface area contributed by atoms with Crippen molar-refractivity contribution in [2.24, 2.45) is 0 Å². The van der Waals surface area contributed by atoms with Gasteiger partial charge in [-0.25, -0.2) is 0 Å². The zero-order chi connectivity index (χ0) is 12.1. The first-order chi connectivity index (χ1) is 8.27. The molecule has 0 radical (unpaired) electrons. The molecule has 1 amide bonds. The summed E-state index contributed by atoms with van der Waals surface area (Å²) in [6.07, 6.45) is 8.16. The van der Waals surface area contributed by atoms with Crippen molar-refractivity contribution in [3.63, 3.8) is 0 Å². The second-order valence-corrected chi connectivity index (χ2v) is 5.34. The van der Waals surface area contributed by atoms with Crippen LogP contribution in [0.3, 0.4) is 0 Å². The van der Waals surface area contributed by atoms with Crippen molar-refractivity contribution < 1.29 is 9.90 Å². The summed E-state index contributed by atoms with van der Waals surface area (Å²) < 4.78 is 0. The van der Waals surface area contributed by atoms with Crippen LogP contribution in [0.5, 0.6) is 0 Å². The van der Waals surface area contributed by atoms with Crippen LogP contribution < -0.4 is 10.6 Å². The Morgan fingerprint density at radius 1 is 1.12 bits per heavy atom. The maximum absolute atomic E-state index is 11.9. The van der Waals surface area contributed by atoms with Crippen LogP contribution in [0.4, 0.5) is 0 Å². The Bertz CT molecular complexity index is 244. The maximum atomic E-state index is 11.9. The van der Waals surface area contributed by atoms with Crippen LogP contribution in [-0.2, 0) is 4.79 Å². The van der Waals surface area contributed by atoms with Crippen molar-refractivity contribution in [1.29, 1.82) is 0 Å². The Morgan fingerprint density at radius 3 is 2.41 bits per heavy atom. The third-order valence-electron chi connectivity index (χ3n) is 3.95. The SMILES string of the molecule is O=C(NC1CCCCCC1)C(O)C1CCCN1. The average Bonchev–Trinajstić information content (AvgIpc) is 2.74. The fourth-order valence-electron chi connectivity index (χ4n) is 2.87. The first kappa shape index (κ1) is 12.8. The smallest absolute Gasteiger partial charge is 0.250 e. The molecule has 4 nitrogen and oxygen atoms in total. The van der Waals surface area contributed by atoms with Crippen LogP contribution in [-0.4, -0.2) is 35.7 Å².